The lowest BCUT2D eigenvalue weighted by atomic mass is 9.72. The Kier molecular flexibility index (Phi) is 8.39. The molecular formula is C29H48O. The van der Waals surface area contributed by atoms with Gasteiger partial charge in [0.25, 0.3) is 0 Å². The van der Waals surface area contributed by atoms with Crippen molar-refractivity contribution in [2.24, 2.45) is 16.2 Å². The molecular weight excluding hydrogens is 364 g/mol. The molecule has 1 rings (SSSR count). The van der Waals surface area contributed by atoms with Gasteiger partial charge < -0.3 is 5.11 Å². The highest BCUT2D eigenvalue weighted by Gasteiger charge is 2.27. The van der Waals surface area contributed by atoms with Gasteiger partial charge in [0.1, 0.15) is 0 Å². The second-order valence-corrected chi connectivity index (χ2v) is 12.5. The van der Waals surface area contributed by atoms with Crippen LogP contribution in [-0.4, -0.2) is 10.7 Å². The van der Waals surface area contributed by atoms with Crippen molar-refractivity contribution in [2.75, 3.05) is 0 Å². The predicted octanol–water partition coefficient (Wildman–Crippen LogP) is 8.73. The number of allylic oxidation sites excluding steroid dienone is 9. The van der Waals surface area contributed by atoms with Gasteiger partial charge in [0.2, 0.25) is 0 Å². The minimum absolute atomic E-state index is 0.0269. The van der Waals surface area contributed by atoms with E-state index in [0.29, 0.717) is 0 Å². The quantitative estimate of drug-likeness (QED) is 0.447. The SMILES string of the molecule is CC1=C(/C=C/C(=C/C(C)=C/C(=C/C(C)(C)O)C(C)(C)C)C(C)(C)C)C(C)(C)CCC1. The van der Waals surface area contributed by atoms with Crippen LogP contribution in [0, 0.1) is 16.2 Å². The average Bonchev–Trinajstić information content (AvgIpc) is 2.48. The molecule has 1 nitrogen and oxygen atoms in total. The van der Waals surface area contributed by atoms with Gasteiger partial charge in [-0.05, 0) is 86.0 Å². The lowest BCUT2D eigenvalue weighted by Crippen LogP contribution is -2.19. The molecule has 0 aromatic heterocycles. The molecule has 170 valence electrons. The second-order valence-electron chi connectivity index (χ2n) is 12.5. The lowest BCUT2D eigenvalue weighted by Gasteiger charge is -2.33. The number of rotatable bonds is 5. The third-order valence-electron chi connectivity index (χ3n) is 5.98. The third kappa shape index (κ3) is 8.42. The maximum Gasteiger partial charge on any atom is 0.0777 e. The Labute approximate surface area is 187 Å². The van der Waals surface area contributed by atoms with Crippen molar-refractivity contribution in [3.05, 3.63) is 58.2 Å². The molecule has 30 heavy (non-hydrogen) atoms. The molecule has 0 unspecified atom stereocenters. The molecule has 0 spiro atoms. The highest BCUT2D eigenvalue weighted by Crippen LogP contribution is 2.41. The van der Waals surface area contributed by atoms with Crippen LogP contribution >= 0.6 is 0 Å². The van der Waals surface area contributed by atoms with E-state index < -0.39 is 5.60 Å². The molecule has 0 atom stereocenters. The van der Waals surface area contributed by atoms with Crippen molar-refractivity contribution in [3.8, 4) is 0 Å². The van der Waals surface area contributed by atoms with Crippen molar-refractivity contribution in [1.82, 2.24) is 0 Å². The van der Waals surface area contributed by atoms with E-state index in [1.54, 1.807) is 0 Å². The van der Waals surface area contributed by atoms with E-state index in [1.165, 1.54) is 41.6 Å². The fourth-order valence-electron chi connectivity index (χ4n) is 4.09. The van der Waals surface area contributed by atoms with Crippen molar-refractivity contribution in [2.45, 2.75) is 108 Å². The van der Waals surface area contributed by atoms with Gasteiger partial charge in [0, 0.05) is 0 Å². The predicted molar refractivity (Wildman–Crippen MR) is 135 cm³/mol. The zero-order chi connectivity index (χ0) is 23.5. The van der Waals surface area contributed by atoms with Crippen LogP contribution in [0.25, 0.3) is 0 Å². The Morgan fingerprint density at radius 3 is 1.87 bits per heavy atom. The summed E-state index contributed by atoms with van der Waals surface area (Å²) in [4.78, 5) is 0. The summed E-state index contributed by atoms with van der Waals surface area (Å²) in [5, 5.41) is 10.3. The smallest absolute Gasteiger partial charge is 0.0777 e. The summed E-state index contributed by atoms with van der Waals surface area (Å²) < 4.78 is 0. The van der Waals surface area contributed by atoms with Crippen LogP contribution in [0.4, 0.5) is 0 Å². The van der Waals surface area contributed by atoms with Gasteiger partial charge in [-0.25, -0.2) is 0 Å². The van der Waals surface area contributed by atoms with Crippen LogP contribution in [0.3, 0.4) is 0 Å². The van der Waals surface area contributed by atoms with E-state index in [9.17, 15) is 5.11 Å². The highest BCUT2D eigenvalue weighted by molar-refractivity contribution is 5.42. The van der Waals surface area contributed by atoms with Gasteiger partial charge in [-0.1, -0.05) is 90.8 Å². The fourth-order valence-corrected chi connectivity index (χ4v) is 4.09. The first kappa shape index (κ1) is 26.7. The molecule has 0 fully saturated rings. The summed E-state index contributed by atoms with van der Waals surface area (Å²) in [6.07, 6.45) is 15.0. The summed E-state index contributed by atoms with van der Waals surface area (Å²) in [5.41, 5.74) is 6.19. The van der Waals surface area contributed by atoms with Crippen molar-refractivity contribution >= 4 is 0 Å². The Bertz CT molecular complexity index is 757. The zero-order valence-electron chi connectivity index (χ0n) is 22.0. The number of hydrogen-bond donors (Lipinski definition) is 1. The first-order chi connectivity index (χ1) is 13.3. The highest BCUT2D eigenvalue weighted by atomic mass is 16.3. The Balaban J connectivity index is 3.42. The maximum atomic E-state index is 10.3. The number of aliphatic hydroxyl groups is 1. The normalized spacial score (nSPS) is 20.4. The molecule has 0 aromatic carbocycles. The van der Waals surface area contributed by atoms with E-state index in [0.717, 1.165) is 5.57 Å². The molecule has 1 aliphatic carbocycles. The third-order valence-corrected chi connectivity index (χ3v) is 5.98. The summed E-state index contributed by atoms with van der Waals surface area (Å²) >= 11 is 0. The Hall–Kier alpha value is -1.34. The summed E-state index contributed by atoms with van der Waals surface area (Å²) in [6, 6.07) is 0. The Morgan fingerprint density at radius 1 is 0.900 bits per heavy atom. The van der Waals surface area contributed by atoms with Crippen molar-refractivity contribution < 1.29 is 5.11 Å². The van der Waals surface area contributed by atoms with Gasteiger partial charge in [0.15, 0.2) is 0 Å². The van der Waals surface area contributed by atoms with Crippen LogP contribution in [0.1, 0.15) is 102 Å². The topological polar surface area (TPSA) is 20.2 Å². The summed E-state index contributed by atoms with van der Waals surface area (Å²) in [6.45, 7) is 26.3. The first-order valence-electron chi connectivity index (χ1n) is 11.6. The van der Waals surface area contributed by atoms with Crippen LogP contribution in [-0.2, 0) is 0 Å². The van der Waals surface area contributed by atoms with Gasteiger partial charge in [-0.2, -0.15) is 0 Å². The largest absolute Gasteiger partial charge is 0.386 e. The Morgan fingerprint density at radius 2 is 1.43 bits per heavy atom. The van der Waals surface area contributed by atoms with Gasteiger partial charge in [0.05, 0.1) is 5.60 Å². The van der Waals surface area contributed by atoms with E-state index in [-0.39, 0.29) is 16.2 Å². The van der Waals surface area contributed by atoms with Crippen LogP contribution in [0.5, 0.6) is 0 Å². The van der Waals surface area contributed by atoms with E-state index >= 15 is 0 Å². The molecule has 0 radical (unpaired) electrons. The van der Waals surface area contributed by atoms with E-state index in [4.69, 9.17) is 0 Å². The second kappa shape index (κ2) is 9.43. The van der Waals surface area contributed by atoms with Gasteiger partial charge in [-0.3, -0.25) is 0 Å². The van der Waals surface area contributed by atoms with Crippen LogP contribution < -0.4 is 0 Å². The monoisotopic (exact) mass is 412 g/mol. The lowest BCUT2D eigenvalue weighted by molar-refractivity contribution is 0.131. The molecule has 0 saturated heterocycles. The molecule has 0 aliphatic heterocycles. The first-order valence-corrected chi connectivity index (χ1v) is 11.6. The zero-order valence-corrected chi connectivity index (χ0v) is 22.0. The van der Waals surface area contributed by atoms with E-state index in [1.807, 2.05) is 19.9 Å². The minimum Gasteiger partial charge on any atom is -0.386 e. The summed E-state index contributed by atoms with van der Waals surface area (Å²) in [5.74, 6) is 0. The molecule has 0 bridgehead atoms. The van der Waals surface area contributed by atoms with Crippen molar-refractivity contribution in [1.29, 1.82) is 0 Å². The summed E-state index contributed by atoms with van der Waals surface area (Å²) in [7, 11) is 0. The average molecular weight is 413 g/mol. The maximum absolute atomic E-state index is 10.3. The van der Waals surface area contributed by atoms with Crippen molar-refractivity contribution in [3.63, 3.8) is 0 Å². The van der Waals surface area contributed by atoms with Crippen LogP contribution in [0.2, 0.25) is 0 Å². The van der Waals surface area contributed by atoms with E-state index in [2.05, 4.69) is 93.5 Å². The van der Waals surface area contributed by atoms with Crippen LogP contribution in [0.15, 0.2) is 58.2 Å². The number of hydrogen-bond acceptors (Lipinski definition) is 1. The fraction of sp³-hybridized carbons (Fsp3) is 0.655. The molecule has 1 N–H and O–H groups in total. The molecule has 1 aliphatic rings. The molecule has 0 aromatic rings. The molecule has 0 saturated carbocycles. The molecule has 0 amide bonds. The van der Waals surface area contributed by atoms with Gasteiger partial charge >= 0.3 is 0 Å². The molecule has 0 heterocycles. The van der Waals surface area contributed by atoms with Gasteiger partial charge in [-0.15, -0.1) is 0 Å². The minimum atomic E-state index is -0.827. The standard InChI is InChI=1S/C29H48O/c1-21(19-24(27(6,7)8)20-29(11,12)30)18-23(26(3,4)5)15-16-25-22(2)14-13-17-28(25,9)10/h15-16,18-20,30H,13-14,17H2,1-12H3/b16-15+,21-19+,23-18-,24-20-. The molecule has 1 heteroatoms.